The number of nitro benzene ring substituents is 1. The Morgan fingerprint density at radius 3 is 2.44 bits per heavy atom. The van der Waals surface area contributed by atoms with Gasteiger partial charge in [-0.1, -0.05) is 24.3 Å². The Morgan fingerprint density at radius 1 is 0.881 bits per heavy atom. The molecular weight excluding hydrogens is 762 g/mol. The molecule has 15 nitrogen and oxygen atoms in total. The van der Waals surface area contributed by atoms with Gasteiger partial charge in [0.25, 0.3) is 23.1 Å². The van der Waals surface area contributed by atoms with Gasteiger partial charge in [-0.25, -0.2) is 19.2 Å². The molecule has 59 heavy (non-hydrogen) atoms. The van der Waals surface area contributed by atoms with E-state index in [0.29, 0.717) is 64.8 Å². The number of amides is 5. The van der Waals surface area contributed by atoms with E-state index in [1.807, 2.05) is 6.07 Å². The van der Waals surface area contributed by atoms with E-state index in [1.165, 1.54) is 29.2 Å². The third-order valence-electron chi connectivity index (χ3n) is 12.2. The van der Waals surface area contributed by atoms with Crippen molar-refractivity contribution in [2.75, 3.05) is 37.7 Å². The summed E-state index contributed by atoms with van der Waals surface area (Å²) >= 11 is 0. The van der Waals surface area contributed by atoms with Crippen molar-refractivity contribution < 1.29 is 33.2 Å². The highest BCUT2D eigenvalue weighted by atomic mass is 19.1. The van der Waals surface area contributed by atoms with Crippen molar-refractivity contribution >= 4 is 56.7 Å². The van der Waals surface area contributed by atoms with Crippen molar-refractivity contribution in [2.24, 2.45) is 5.92 Å². The molecule has 16 heteroatoms. The number of piperidine rings is 1. The molecule has 0 unspecified atom stereocenters. The van der Waals surface area contributed by atoms with Crippen LogP contribution in [0.25, 0.3) is 21.5 Å². The van der Waals surface area contributed by atoms with Crippen LogP contribution in [0.2, 0.25) is 0 Å². The normalized spacial score (nSPS) is 19.9. The van der Waals surface area contributed by atoms with Gasteiger partial charge in [0, 0.05) is 61.9 Å². The molecule has 3 saturated heterocycles. The Bertz CT molecular complexity index is 2600. The average molecular weight is 802 g/mol. The summed E-state index contributed by atoms with van der Waals surface area (Å²) < 4.78 is 21.0. The first-order chi connectivity index (χ1) is 28.6. The van der Waals surface area contributed by atoms with E-state index in [-0.39, 0.29) is 78.5 Å². The summed E-state index contributed by atoms with van der Waals surface area (Å²) in [4.78, 5) is 83.4. The highest BCUT2D eigenvalue weighted by molar-refractivity contribution is 6.25. The molecule has 4 aliphatic rings. The maximum atomic E-state index is 15.0. The zero-order valence-electron chi connectivity index (χ0n) is 32.0. The number of nitrogens with zero attached hydrogens (tertiary/aromatic N) is 6. The summed E-state index contributed by atoms with van der Waals surface area (Å²) in [5, 5.41) is 20.4. The maximum Gasteiger partial charge on any atom is 0.332 e. The summed E-state index contributed by atoms with van der Waals surface area (Å²) in [5.41, 5.74) is 1.03. The van der Waals surface area contributed by atoms with Gasteiger partial charge in [0.15, 0.2) is 0 Å². The smallest absolute Gasteiger partial charge is 0.332 e. The van der Waals surface area contributed by atoms with Crippen LogP contribution in [-0.2, 0) is 16.0 Å². The number of non-ortho nitro benzene ring substituents is 1. The number of piperazine rings is 1. The minimum Gasteiger partial charge on any atom is -0.494 e. The van der Waals surface area contributed by atoms with Gasteiger partial charge in [-0.3, -0.25) is 29.3 Å². The number of carbonyl (C=O) groups excluding carboxylic acids is 4. The lowest BCUT2D eigenvalue weighted by Gasteiger charge is -2.35. The van der Waals surface area contributed by atoms with E-state index in [1.54, 1.807) is 57.2 Å². The van der Waals surface area contributed by atoms with Crippen LogP contribution in [0.3, 0.4) is 0 Å². The zero-order valence-corrected chi connectivity index (χ0v) is 32.0. The molecule has 0 radical (unpaired) electrons. The summed E-state index contributed by atoms with van der Waals surface area (Å²) in [6.07, 6.45) is 4.20. The first-order valence-corrected chi connectivity index (χ1v) is 19.9. The van der Waals surface area contributed by atoms with Crippen molar-refractivity contribution in [3.8, 4) is 5.75 Å². The number of fused-ring (bicyclic) bond motifs is 7. The number of aromatic amines is 1. The lowest BCUT2D eigenvalue weighted by atomic mass is 9.99. The van der Waals surface area contributed by atoms with Crippen LogP contribution in [-0.4, -0.2) is 98.4 Å². The maximum absolute atomic E-state index is 15.0. The Hall–Kier alpha value is -6.71. The molecule has 0 spiro atoms. The number of carbonyl (C=O) groups is 4. The Labute approximate surface area is 336 Å². The van der Waals surface area contributed by atoms with Crippen molar-refractivity contribution in [1.82, 2.24) is 24.9 Å². The minimum atomic E-state index is -0.646. The van der Waals surface area contributed by atoms with Crippen LogP contribution in [0.5, 0.6) is 5.75 Å². The molecule has 4 fully saturated rings. The molecule has 1 N–H and O–H groups in total. The van der Waals surface area contributed by atoms with E-state index in [0.717, 1.165) is 19.3 Å². The predicted molar refractivity (Wildman–Crippen MR) is 214 cm³/mol. The van der Waals surface area contributed by atoms with E-state index in [4.69, 9.17) is 4.74 Å². The second-order valence-electron chi connectivity index (χ2n) is 15.6. The largest absolute Gasteiger partial charge is 0.494 e. The highest BCUT2D eigenvalue weighted by Gasteiger charge is 2.59. The number of rotatable bonds is 11. The molecule has 4 aromatic carbocycles. The molecule has 4 heterocycles. The lowest BCUT2D eigenvalue weighted by molar-refractivity contribution is -0.383. The van der Waals surface area contributed by atoms with Gasteiger partial charge in [0.2, 0.25) is 5.91 Å². The molecule has 302 valence electrons. The number of H-pyrrole nitrogens is 1. The SMILES string of the molecule is O=C(CCCCOc1ccc2c([N+](=O)[O-])ccc(N3C(=O)[C@@H]4[C@@H]5CC[C@@H](C5)N4C3=O)c2c1)N1CCN(C(=O)c2cc(Cc3n[nH]c(=O)c4ccccc34)ccc2F)CC1. The lowest BCUT2D eigenvalue weighted by Crippen LogP contribution is -2.50. The van der Waals surface area contributed by atoms with Crippen molar-refractivity contribution in [2.45, 2.75) is 57.0 Å². The summed E-state index contributed by atoms with van der Waals surface area (Å²) in [7, 11) is 0. The Kier molecular flexibility index (Phi) is 9.77. The number of unbranched alkanes of at least 4 members (excludes halogenated alkanes) is 1. The van der Waals surface area contributed by atoms with Crippen LogP contribution in [0.1, 0.15) is 60.1 Å². The van der Waals surface area contributed by atoms with E-state index in [9.17, 15) is 38.5 Å². The van der Waals surface area contributed by atoms with Crippen LogP contribution in [0.4, 0.5) is 20.6 Å². The molecule has 1 aliphatic carbocycles. The first-order valence-electron chi connectivity index (χ1n) is 19.9. The van der Waals surface area contributed by atoms with Crippen LogP contribution in [0, 0.1) is 21.8 Å². The molecule has 1 aromatic heterocycles. The number of imide groups is 1. The third-order valence-corrected chi connectivity index (χ3v) is 12.2. The summed E-state index contributed by atoms with van der Waals surface area (Å²) in [6.45, 7) is 1.37. The molecule has 5 amide bonds. The highest BCUT2D eigenvalue weighted by Crippen LogP contribution is 2.48. The number of hydrogen-bond acceptors (Lipinski definition) is 9. The molecule has 1 saturated carbocycles. The molecule has 3 atom stereocenters. The van der Waals surface area contributed by atoms with E-state index in [2.05, 4.69) is 10.2 Å². The first kappa shape index (κ1) is 37.8. The van der Waals surface area contributed by atoms with E-state index < -0.39 is 28.7 Å². The third kappa shape index (κ3) is 6.81. The monoisotopic (exact) mass is 801 g/mol. The number of nitro groups is 1. The number of halogens is 1. The van der Waals surface area contributed by atoms with Gasteiger partial charge in [-0.15, -0.1) is 0 Å². The molecular formula is C43H40FN7O8. The van der Waals surface area contributed by atoms with Gasteiger partial charge in [-0.2, -0.15) is 5.10 Å². The zero-order chi connectivity index (χ0) is 40.9. The standard InChI is InChI=1S/C43H40FN7O8/c44-34-13-8-25(22-35-29-5-1-2-6-31(29)40(53)46-45-35)21-33(34)41(54)48-18-16-47(17-19-48)38(52)7-3-4-20-59-28-11-12-30-32(24-28)36(14-15-37(30)51(57)58)50-42(55)39-26-9-10-27(23-26)49(39)43(50)56/h1-2,5-6,8,11-15,21,24,26-27,39H,3-4,7,9-10,16-20,22-23H2,(H,46,53)/t26-,27+,39+/m1/s1. The van der Waals surface area contributed by atoms with Gasteiger partial charge < -0.3 is 19.4 Å². The second-order valence-corrected chi connectivity index (χ2v) is 15.6. The van der Waals surface area contributed by atoms with Gasteiger partial charge in [0.05, 0.1) is 39.2 Å². The van der Waals surface area contributed by atoms with Crippen molar-refractivity contribution in [3.05, 3.63) is 116 Å². The number of ether oxygens (including phenoxy) is 1. The minimum absolute atomic E-state index is 0.0394. The molecule has 2 bridgehead atoms. The predicted octanol–water partition coefficient (Wildman–Crippen LogP) is 5.57. The number of anilines is 1. The molecule has 9 rings (SSSR count). The molecule has 5 aromatic rings. The van der Waals surface area contributed by atoms with Gasteiger partial charge >= 0.3 is 6.03 Å². The van der Waals surface area contributed by atoms with Crippen LogP contribution in [0.15, 0.2) is 77.6 Å². The fourth-order valence-corrected chi connectivity index (χ4v) is 9.29. The second kappa shape index (κ2) is 15.2. The van der Waals surface area contributed by atoms with Gasteiger partial charge in [-0.05, 0) is 86.1 Å². The van der Waals surface area contributed by atoms with Crippen LogP contribution < -0.4 is 15.2 Å². The fraction of sp³-hybridized carbons (Fsp3) is 0.349. The number of benzene rings is 4. The Balaban J connectivity index is 0.781. The number of hydrogen-bond donors (Lipinski definition) is 1. The van der Waals surface area contributed by atoms with E-state index >= 15 is 0 Å². The van der Waals surface area contributed by atoms with Gasteiger partial charge in [0.1, 0.15) is 17.6 Å². The fourth-order valence-electron chi connectivity index (χ4n) is 9.29. The quantitative estimate of drug-likeness (QED) is 0.0774. The molecule has 3 aliphatic heterocycles. The van der Waals surface area contributed by atoms with Crippen molar-refractivity contribution in [1.29, 1.82) is 0 Å². The number of nitrogens with one attached hydrogen (secondary N) is 1. The summed E-state index contributed by atoms with van der Waals surface area (Å²) in [6, 6.07) is 18.2. The topological polar surface area (TPSA) is 179 Å². The van der Waals surface area contributed by atoms with Crippen molar-refractivity contribution in [3.63, 3.8) is 0 Å². The average Bonchev–Trinajstić information content (AvgIpc) is 3.95. The summed E-state index contributed by atoms with van der Waals surface area (Å²) in [5.74, 6) is -0.931. The van der Waals surface area contributed by atoms with Crippen LogP contribution >= 0.6 is 0 Å². The Morgan fingerprint density at radius 2 is 1.66 bits per heavy atom. The number of aromatic nitrogens is 2. The number of urea groups is 1.